The van der Waals surface area contributed by atoms with Gasteiger partial charge in [0.05, 0.1) is 13.0 Å². The smallest absolute Gasteiger partial charge is 0.239 e. The summed E-state index contributed by atoms with van der Waals surface area (Å²) in [6, 6.07) is 11.7. The summed E-state index contributed by atoms with van der Waals surface area (Å²) in [6.45, 7) is 0.280. The van der Waals surface area contributed by atoms with E-state index in [-0.39, 0.29) is 36.4 Å². The second kappa shape index (κ2) is 8.76. The minimum Gasteiger partial charge on any atom is -0.354 e. The summed E-state index contributed by atoms with van der Waals surface area (Å²) in [7, 11) is 0. The van der Waals surface area contributed by atoms with Crippen molar-refractivity contribution in [3.05, 3.63) is 71.3 Å². The first-order valence-corrected chi connectivity index (χ1v) is 7.55. The van der Waals surface area contributed by atoms with Gasteiger partial charge in [-0.25, -0.2) is 8.78 Å². The topological polar surface area (TPSA) is 58.2 Å². The third-order valence-electron chi connectivity index (χ3n) is 3.37. The minimum atomic E-state index is -0.361. The predicted molar refractivity (Wildman–Crippen MR) is 86.2 cm³/mol. The SMILES string of the molecule is O=C(CNC(=O)Cc1ccc(F)cc1)NCCc1ccc(F)cc1. The number of carbonyl (C=O) groups is 2. The first-order valence-electron chi connectivity index (χ1n) is 7.55. The molecule has 0 aliphatic heterocycles. The van der Waals surface area contributed by atoms with Crippen LogP contribution in [0.4, 0.5) is 8.78 Å². The Morgan fingerprint density at radius 3 is 1.88 bits per heavy atom. The summed E-state index contributed by atoms with van der Waals surface area (Å²) in [4.78, 5) is 23.4. The summed E-state index contributed by atoms with van der Waals surface area (Å²) in [6.07, 6.45) is 0.665. The van der Waals surface area contributed by atoms with Crippen LogP contribution in [0.15, 0.2) is 48.5 Å². The molecule has 0 saturated carbocycles. The molecule has 0 atom stereocenters. The zero-order chi connectivity index (χ0) is 17.4. The van der Waals surface area contributed by atoms with Gasteiger partial charge in [0.2, 0.25) is 11.8 Å². The van der Waals surface area contributed by atoms with Crippen LogP contribution in [0.2, 0.25) is 0 Å². The average molecular weight is 332 g/mol. The summed E-state index contributed by atoms with van der Waals surface area (Å²) in [5.74, 6) is -1.27. The molecule has 4 nitrogen and oxygen atoms in total. The van der Waals surface area contributed by atoms with Gasteiger partial charge in [0, 0.05) is 6.54 Å². The summed E-state index contributed by atoms with van der Waals surface area (Å²) in [5.41, 5.74) is 1.59. The van der Waals surface area contributed by atoms with Crippen LogP contribution in [-0.2, 0) is 22.4 Å². The maximum absolute atomic E-state index is 12.8. The molecule has 2 aromatic carbocycles. The van der Waals surface area contributed by atoms with Crippen LogP contribution in [0.3, 0.4) is 0 Å². The molecule has 0 aliphatic rings. The van der Waals surface area contributed by atoms with Gasteiger partial charge in [0.25, 0.3) is 0 Å². The molecule has 2 N–H and O–H groups in total. The molecule has 0 aromatic heterocycles. The van der Waals surface area contributed by atoms with E-state index < -0.39 is 0 Å². The highest BCUT2D eigenvalue weighted by Gasteiger charge is 2.06. The lowest BCUT2D eigenvalue weighted by Crippen LogP contribution is -2.38. The summed E-state index contributed by atoms with van der Waals surface area (Å²) >= 11 is 0. The standard InChI is InChI=1S/C18H18F2N2O2/c19-15-5-1-13(2-6-15)9-10-21-18(24)12-22-17(23)11-14-3-7-16(20)8-4-14/h1-8H,9-12H2,(H,21,24)(H,22,23). The van der Waals surface area contributed by atoms with Crippen molar-refractivity contribution >= 4 is 11.8 Å². The normalized spacial score (nSPS) is 10.2. The third kappa shape index (κ3) is 6.16. The number of rotatable bonds is 7. The fourth-order valence-corrected chi connectivity index (χ4v) is 2.09. The van der Waals surface area contributed by atoms with Gasteiger partial charge in [-0.15, -0.1) is 0 Å². The largest absolute Gasteiger partial charge is 0.354 e. The van der Waals surface area contributed by atoms with Gasteiger partial charge in [0.1, 0.15) is 11.6 Å². The molecule has 0 unspecified atom stereocenters. The second-order valence-corrected chi connectivity index (χ2v) is 5.31. The number of amides is 2. The Kier molecular flexibility index (Phi) is 6.42. The highest BCUT2D eigenvalue weighted by atomic mass is 19.1. The molecule has 0 saturated heterocycles. The Labute approximate surface area is 138 Å². The molecule has 6 heteroatoms. The zero-order valence-electron chi connectivity index (χ0n) is 13.0. The summed E-state index contributed by atoms with van der Waals surface area (Å²) in [5, 5.41) is 5.18. The molecule has 2 amide bonds. The van der Waals surface area contributed by atoms with Crippen molar-refractivity contribution in [1.29, 1.82) is 0 Å². The monoisotopic (exact) mass is 332 g/mol. The number of carbonyl (C=O) groups excluding carboxylic acids is 2. The highest BCUT2D eigenvalue weighted by Crippen LogP contribution is 2.04. The molecule has 0 spiro atoms. The lowest BCUT2D eigenvalue weighted by molar-refractivity contribution is -0.125. The molecule has 0 aliphatic carbocycles. The van der Waals surface area contributed by atoms with E-state index in [1.165, 1.54) is 36.4 Å². The Morgan fingerprint density at radius 1 is 0.750 bits per heavy atom. The number of hydrogen-bond donors (Lipinski definition) is 2. The van der Waals surface area contributed by atoms with Crippen LogP contribution >= 0.6 is 0 Å². The van der Waals surface area contributed by atoms with Gasteiger partial charge in [-0.1, -0.05) is 24.3 Å². The Hall–Kier alpha value is -2.76. The van der Waals surface area contributed by atoms with Gasteiger partial charge < -0.3 is 10.6 Å². The molecule has 24 heavy (non-hydrogen) atoms. The predicted octanol–water partition coefficient (Wildman–Crippen LogP) is 1.98. The maximum atomic E-state index is 12.8. The van der Waals surface area contributed by atoms with Crippen LogP contribution in [0, 0.1) is 11.6 Å². The summed E-state index contributed by atoms with van der Waals surface area (Å²) < 4.78 is 25.5. The number of hydrogen-bond acceptors (Lipinski definition) is 2. The Balaban J connectivity index is 1.64. The molecule has 0 heterocycles. The Morgan fingerprint density at radius 2 is 1.29 bits per heavy atom. The van der Waals surface area contributed by atoms with Crippen molar-refractivity contribution in [1.82, 2.24) is 10.6 Å². The quantitative estimate of drug-likeness (QED) is 0.815. The van der Waals surface area contributed by atoms with Gasteiger partial charge in [-0.3, -0.25) is 9.59 Å². The maximum Gasteiger partial charge on any atom is 0.239 e. The lowest BCUT2D eigenvalue weighted by Gasteiger charge is -2.07. The number of nitrogens with one attached hydrogen (secondary N) is 2. The first-order chi connectivity index (χ1) is 11.5. The second-order valence-electron chi connectivity index (χ2n) is 5.31. The molecule has 2 aromatic rings. The van der Waals surface area contributed by atoms with Gasteiger partial charge in [-0.2, -0.15) is 0 Å². The van der Waals surface area contributed by atoms with Crippen LogP contribution < -0.4 is 10.6 Å². The van der Waals surface area contributed by atoms with Gasteiger partial charge >= 0.3 is 0 Å². The van der Waals surface area contributed by atoms with Crippen LogP contribution in [0.5, 0.6) is 0 Å². The first kappa shape index (κ1) is 17.6. The van der Waals surface area contributed by atoms with Gasteiger partial charge in [-0.05, 0) is 41.8 Å². The van der Waals surface area contributed by atoms with Crippen molar-refractivity contribution in [3.63, 3.8) is 0 Å². The lowest BCUT2D eigenvalue weighted by atomic mass is 10.1. The van der Waals surface area contributed by atoms with Crippen LogP contribution in [-0.4, -0.2) is 24.9 Å². The molecule has 0 bridgehead atoms. The fraction of sp³-hybridized carbons (Fsp3) is 0.222. The molecule has 2 rings (SSSR count). The van der Waals surface area contributed by atoms with Crippen molar-refractivity contribution in [2.75, 3.05) is 13.1 Å². The highest BCUT2D eigenvalue weighted by molar-refractivity contribution is 5.85. The molecule has 0 radical (unpaired) electrons. The zero-order valence-corrected chi connectivity index (χ0v) is 13.0. The van der Waals surface area contributed by atoms with Gasteiger partial charge in [0.15, 0.2) is 0 Å². The molecule has 0 fully saturated rings. The third-order valence-corrected chi connectivity index (χ3v) is 3.37. The van der Waals surface area contributed by atoms with E-state index >= 15 is 0 Å². The average Bonchev–Trinajstić information content (AvgIpc) is 2.57. The van der Waals surface area contributed by atoms with Crippen molar-refractivity contribution < 1.29 is 18.4 Å². The fourth-order valence-electron chi connectivity index (χ4n) is 2.09. The Bertz CT molecular complexity index is 685. The van der Waals surface area contributed by atoms with E-state index in [2.05, 4.69) is 10.6 Å². The minimum absolute atomic E-state index is 0.0864. The van der Waals surface area contributed by atoms with Crippen LogP contribution in [0.25, 0.3) is 0 Å². The molecular formula is C18H18F2N2O2. The van der Waals surface area contributed by atoms with E-state index in [9.17, 15) is 18.4 Å². The van der Waals surface area contributed by atoms with Crippen molar-refractivity contribution in [2.45, 2.75) is 12.8 Å². The van der Waals surface area contributed by atoms with Crippen LogP contribution in [0.1, 0.15) is 11.1 Å². The van der Waals surface area contributed by atoms with E-state index in [1.807, 2.05) is 0 Å². The van der Waals surface area contributed by atoms with E-state index in [1.54, 1.807) is 12.1 Å². The van der Waals surface area contributed by atoms with E-state index in [4.69, 9.17) is 0 Å². The van der Waals surface area contributed by atoms with Crippen molar-refractivity contribution in [2.24, 2.45) is 0 Å². The van der Waals surface area contributed by atoms with E-state index in [0.717, 1.165) is 5.56 Å². The van der Waals surface area contributed by atoms with Crippen molar-refractivity contribution in [3.8, 4) is 0 Å². The van der Waals surface area contributed by atoms with E-state index in [0.29, 0.717) is 18.5 Å². The molecule has 126 valence electrons. The number of halogens is 2. The molecular weight excluding hydrogens is 314 g/mol. The number of benzene rings is 2.